The van der Waals surface area contributed by atoms with Crippen molar-refractivity contribution in [1.82, 2.24) is 31.8 Å². The second-order valence-electron chi connectivity index (χ2n) is 8.78. The van der Waals surface area contributed by atoms with Gasteiger partial charge in [-0.25, -0.2) is 10.1 Å². The van der Waals surface area contributed by atoms with E-state index in [1.807, 2.05) is 13.8 Å². The molecule has 0 aromatic rings. The van der Waals surface area contributed by atoms with Crippen LogP contribution in [0.25, 0.3) is 0 Å². The van der Waals surface area contributed by atoms with Gasteiger partial charge in [-0.1, -0.05) is 20.3 Å². The fourth-order valence-corrected chi connectivity index (χ4v) is 3.34. The van der Waals surface area contributed by atoms with E-state index in [2.05, 4.69) is 26.7 Å². The number of hydrogen-bond donors (Lipinski definition) is 7. The number of hydrazine groups is 2. The zero-order valence-corrected chi connectivity index (χ0v) is 20.1. The van der Waals surface area contributed by atoms with Crippen molar-refractivity contribution in [2.75, 3.05) is 13.1 Å². The third-order valence-electron chi connectivity index (χ3n) is 5.13. The van der Waals surface area contributed by atoms with E-state index in [0.29, 0.717) is 32.4 Å². The van der Waals surface area contributed by atoms with Gasteiger partial charge in [0.25, 0.3) is 0 Å². The average Bonchev–Trinajstić information content (AvgIpc) is 3.51. The smallest absolute Gasteiger partial charge is 0.426 e. The Labute approximate surface area is 199 Å². The lowest BCUT2D eigenvalue weighted by molar-refractivity contribution is -0.627. The summed E-state index contributed by atoms with van der Waals surface area (Å²) in [7, 11) is -1.73. The third kappa shape index (κ3) is 12.7. The van der Waals surface area contributed by atoms with Crippen LogP contribution in [-0.2, 0) is 14.4 Å². The van der Waals surface area contributed by atoms with Gasteiger partial charge in [-0.2, -0.15) is 0 Å². The van der Waals surface area contributed by atoms with Crippen molar-refractivity contribution in [3.63, 3.8) is 0 Å². The molecule has 1 heterocycles. The molecule has 34 heavy (non-hydrogen) atoms. The summed E-state index contributed by atoms with van der Waals surface area (Å²) in [5.41, 5.74) is 2.51. The quantitative estimate of drug-likeness (QED) is 0.0386. The third-order valence-corrected chi connectivity index (χ3v) is 5.13. The van der Waals surface area contributed by atoms with Gasteiger partial charge in [-0.3, -0.25) is 19.7 Å². The Morgan fingerprint density at radius 3 is 2.38 bits per heavy atom. The molecule has 1 saturated heterocycles. The highest BCUT2D eigenvalue weighted by Gasteiger charge is 2.43. The molecule has 3 amide bonds. The lowest BCUT2D eigenvalue weighted by Crippen LogP contribution is -2.54. The van der Waals surface area contributed by atoms with Crippen molar-refractivity contribution in [2.45, 2.75) is 84.0 Å². The molecule has 3 atom stereocenters. The van der Waals surface area contributed by atoms with Gasteiger partial charge in [0.2, 0.25) is 24.0 Å². The number of rotatable bonds is 18. The van der Waals surface area contributed by atoms with Crippen molar-refractivity contribution in [2.24, 2.45) is 5.92 Å². The Kier molecular flexibility index (Phi) is 13.4. The number of carbonyl (C=O) groups excluding carboxylic acids is 3. The van der Waals surface area contributed by atoms with Gasteiger partial charge in [0.05, 0.1) is 5.94 Å². The largest absolute Gasteiger partial charge is 0.475 e. The fraction of sp³-hybridized carbons (Fsp3) is 0.842. The molecule has 7 N–H and O–H groups in total. The van der Waals surface area contributed by atoms with Gasteiger partial charge in [-0.15, -0.1) is 5.43 Å². The highest BCUT2D eigenvalue weighted by molar-refractivity contribution is 6.43. The normalized spacial score (nSPS) is 16.5. The zero-order valence-electron chi connectivity index (χ0n) is 20.1. The maximum atomic E-state index is 12.8. The number of nitrogens with zero attached hydrogens (tertiary/aromatic N) is 2. The highest BCUT2D eigenvalue weighted by atomic mass is 16.7. The van der Waals surface area contributed by atoms with Crippen LogP contribution in [-0.4, -0.2) is 76.4 Å². The molecule has 0 saturated carbocycles. The van der Waals surface area contributed by atoms with Gasteiger partial charge in [0.15, 0.2) is 5.03 Å². The predicted octanol–water partition coefficient (Wildman–Crippen LogP) is -1.62. The topological polar surface area (TPSA) is 208 Å². The van der Waals surface area contributed by atoms with Crippen molar-refractivity contribution in [3.8, 4) is 0 Å². The van der Waals surface area contributed by atoms with E-state index < -0.39 is 36.3 Å². The number of carbonyl (C=O) groups is 3. The molecule has 1 rings (SSSR count). The van der Waals surface area contributed by atoms with Gasteiger partial charge in [0.1, 0.15) is 6.04 Å². The number of amides is 3. The second-order valence-corrected chi connectivity index (χ2v) is 8.78. The average molecular weight is 487 g/mol. The van der Waals surface area contributed by atoms with Gasteiger partial charge in [0, 0.05) is 19.9 Å². The van der Waals surface area contributed by atoms with E-state index in [1.165, 1.54) is 6.92 Å². The number of nitro groups is 1. The fourth-order valence-electron chi connectivity index (χ4n) is 3.34. The van der Waals surface area contributed by atoms with Crippen LogP contribution in [0.5, 0.6) is 0 Å². The lowest BCUT2D eigenvalue weighted by Gasteiger charge is -2.24. The Balaban J connectivity index is 2.54. The number of unbranched alkanes of at least 4 members (excludes halogenated alkanes) is 2. The van der Waals surface area contributed by atoms with Crippen LogP contribution in [0, 0.1) is 16.0 Å². The first-order chi connectivity index (χ1) is 16.0. The summed E-state index contributed by atoms with van der Waals surface area (Å²) in [5.74, 6) is -1.69. The van der Waals surface area contributed by atoms with Crippen LogP contribution in [0.2, 0.25) is 0 Å². The van der Waals surface area contributed by atoms with E-state index in [-0.39, 0.29) is 30.6 Å². The first-order valence-electron chi connectivity index (χ1n) is 11.6. The molecule has 1 aliphatic heterocycles. The van der Waals surface area contributed by atoms with Crippen LogP contribution in [0.1, 0.15) is 65.7 Å². The van der Waals surface area contributed by atoms with Crippen LogP contribution in [0.3, 0.4) is 0 Å². The maximum absolute atomic E-state index is 12.8. The van der Waals surface area contributed by atoms with Crippen molar-refractivity contribution in [3.05, 3.63) is 10.1 Å². The molecular weight excluding hydrogens is 449 g/mol. The number of nitrogens with one attached hydrogen (secondary N) is 5. The van der Waals surface area contributed by atoms with Crippen LogP contribution in [0.15, 0.2) is 0 Å². The summed E-state index contributed by atoms with van der Waals surface area (Å²) < 4.78 is 0. The molecule has 0 bridgehead atoms. The van der Waals surface area contributed by atoms with Gasteiger partial charge >= 0.3 is 7.12 Å². The Morgan fingerprint density at radius 1 is 1.12 bits per heavy atom. The van der Waals surface area contributed by atoms with E-state index in [0.717, 1.165) is 18.0 Å². The van der Waals surface area contributed by atoms with Crippen LogP contribution >= 0.6 is 0 Å². The van der Waals surface area contributed by atoms with E-state index in [9.17, 15) is 34.5 Å². The number of hydrogen-bond acceptors (Lipinski definition) is 9. The lowest BCUT2D eigenvalue weighted by atomic mass is 9.75. The molecule has 0 radical (unpaired) electrons. The van der Waals surface area contributed by atoms with Crippen LogP contribution < -0.4 is 26.7 Å². The molecule has 14 nitrogen and oxygen atoms in total. The Hall–Kier alpha value is -2.49. The molecule has 194 valence electrons. The zero-order chi connectivity index (χ0) is 25.7. The maximum Gasteiger partial charge on any atom is 0.475 e. The van der Waals surface area contributed by atoms with Crippen molar-refractivity contribution < 1.29 is 29.5 Å². The van der Waals surface area contributed by atoms with Crippen molar-refractivity contribution in [1.29, 1.82) is 0 Å². The minimum absolute atomic E-state index is 0.103. The van der Waals surface area contributed by atoms with Gasteiger partial charge in [-0.05, 0) is 49.7 Å². The summed E-state index contributed by atoms with van der Waals surface area (Å²) in [6, 6.07) is -0.888. The molecule has 1 unspecified atom stereocenters. The summed E-state index contributed by atoms with van der Waals surface area (Å²) in [5, 5.41) is 40.9. The Morgan fingerprint density at radius 2 is 1.82 bits per heavy atom. The minimum Gasteiger partial charge on any atom is -0.426 e. The summed E-state index contributed by atoms with van der Waals surface area (Å²) >= 11 is 0. The van der Waals surface area contributed by atoms with Crippen molar-refractivity contribution >= 4 is 24.8 Å². The monoisotopic (exact) mass is 487 g/mol. The van der Waals surface area contributed by atoms with E-state index in [1.54, 1.807) is 0 Å². The first-order valence-corrected chi connectivity index (χ1v) is 11.6. The van der Waals surface area contributed by atoms with E-state index in [4.69, 9.17) is 0 Å². The predicted molar refractivity (Wildman–Crippen MR) is 124 cm³/mol. The summed E-state index contributed by atoms with van der Waals surface area (Å²) in [6.07, 6.45) is 2.76. The molecule has 0 aromatic heterocycles. The van der Waals surface area contributed by atoms with E-state index >= 15 is 0 Å². The highest BCUT2D eigenvalue weighted by Crippen LogP contribution is 2.09. The molecule has 1 aliphatic rings. The van der Waals surface area contributed by atoms with Crippen LogP contribution in [0.4, 0.5) is 0 Å². The van der Waals surface area contributed by atoms with Gasteiger partial charge < -0.3 is 26.0 Å². The molecule has 0 spiro atoms. The molecule has 0 aliphatic carbocycles. The molecular formula is C19H38BN7O7. The SMILES string of the molecule is CC(=O)NCCCCCC(=O)N[C@@H](CCCNC1NN1[N+](=O)[O-])C(=O)N[C@@H](CC(C)C)B(O)O. The standard InChI is InChI=1S/C19H38BN7O7/c1-13(2)12-16(20(31)32)24-18(30)15(8-7-11-22-19-25-26(19)27(33)34)23-17(29)9-5-4-6-10-21-14(3)28/h13,15-16,19,22,25,31-32H,4-12H2,1-3H3,(H,21,28)(H,23,29)(H,24,30)/t15-,16-,19?,26?/m0/s1. The second kappa shape index (κ2) is 15.4. The molecule has 0 aromatic carbocycles. The summed E-state index contributed by atoms with van der Waals surface area (Å²) in [4.78, 5) is 46.7. The Bertz CT molecular complexity index is 683. The molecule has 1 fully saturated rings. The minimum atomic E-state index is -1.73. The summed E-state index contributed by atoms with van der Waals surface area (Å²) in [6.45, 7) is 6.12. The first kappa shape index (κ1) is 29.5. The molecule has 15 heteroatoms.